The Labute approximate surface area is 80.6 Å². The molecule has 0 radical (unpaired) electrons. The van der Waals surface area contributed by atoms with Crippen molar-refractivity contribution in [2.45, 2.75) is 25.8 Å². The number of carbonyl (C=O) groups is 1. The van der Waals surface area contributed by atoms with Crippen molar-refractivity contribution in [2.75, 3.05) is 21.1 Å². The van der Waals surface area contributed by atoms with Crippen LogP contribution in [0.2, 0.25) is 0 Å². The first kappa shape index (κ1) is 12.2. The van der Waals surface area contributed by atoms with Crippen LogP contribution in [0.15, 0.2) is 12.8 Å². The average Bonchev–Trinajstić information content (AvgIpc) is 1.99. The second-order valence-electron chi connectivity index (χ2n) is 4.16. The van der Waals surface area contributed by atoms with Gasteiger partial charge in [-0.05, 0) is 6.92 Å². The van der Waals surface area contributed by atoms with Gasteiger partial charge in [-0.25, -0.2) is 0 Å². The summed E-state index contributed by atoms with van der Waals surface area (Å²) < 4.78 is 5.49. The number of esters is 1. The molecule has 0 rings (SSSR count). The van der Waals surface area contributed by atoms with Gasteiger partial charge in [0.1, 0.15) is 0 Å². The van der Waals surface area contributed by atoms with E-state index in [1.165, 1.54) is 6.26 Å². The summed E-state index contributed by atoms with van der Waals surface area (Å²) in [5.74, 6) is -0.199. The molecular formula is C10H20NO2+. The van der Waals surface area contributed by atoms with E-state index in [2.05, 4.69) is 39.4 Å². The fourth-order valence-electron chi connectivity index (χ4n) is 0.866. The van der Waals surface area contributed by atoms with Gasteiger partial charge in [0.05, 0.1) is 39.9 Å². The lowest BCUT2D eigenvalue weighted by Crippen LogP contribution is -2.43. The van der Waals surface area contributed by atoms with E-state index in [4.69, 9.17) is 0 Å². The molecule has 0 heterocycles. The van der Waals surface area contributed by atoms with Crippen LogP contribution < -0.4 is 0 Å². The molecule has 0 saturated carbocycles. The molecule has 0 N–H and O–H groups in total. The molecule has 0 spiro atoms. The zero-order valence-electron chi connectivity index (χ0n) is 9.04. The number of hydrogen-bond donors (Lipinski definition) is 0. The second kappa shape index (κ2) is 5.02. The molecule has 3 heteroatoms. The average molecular weight is 186 g/mol. The molecule has 0 aromatic carbocycles. The number of hydrogen-bond acceptors (Lipinski definition) is 2. The van der Waals surface area contributed by atoms with Crippen molar-refractivity contribution in [3.63, 3.8) is 0 Å². The second-order valence-corrected chi connectivity index (χ2v) is 4.16. The molecule has 76 valence electrons. The van der Waals surface area contributed by atoms with E-state index < -0.39 is 0 Å². The van der Waals surface area contributed by atoms with Gasteiger partial charge in [0.15, 0.2) is 0 Å². The van der Waals surface area contributed by atoms with Crippen LogP contribution in [0.5, 0.6) is 0 Å². The van der Waals surface area contributed by atoms with Crippen molar-refractivity contribution < 1.29 is 14.0 Å². The van der Waals surface area contributed by atoms with Crippen LogP contribution in [-0.2, 0) is 9.53 Å². The lowest BCUT2D eigenvalue weighted by molar-refractivity contribution is -0.894. The minimum absolute atomic E-state index is 0.199. The van der Waals surface area contributed by atoms with Gasteiger partial charge in [0.25, 0.3) is 0 Å². The van der Waals surface area contributed by atoms with Gasteiger partial charge in [0, 0.05) is 6.42 Å². The molecule has 0 aliphatic heterocycles. The van der Waals surface area contributed by atoms with Gasteiger partial charge < -0.3 is 9.22 Å². The first-order valence-electron chi connectivity index (χ1n) is 4.49. The van der Waals surface area contributed by atoms with Crippen LogP contribution in [0, 0.1) is 0 Å². The highest BCUT2D eigenvalue weighted by Crippen LogP contribution is 2.09. The predicted molar refractivity (Wildman–Crippen MR) is 53.0 cm³/mol. The van der Waals surface area contributed by atoms with Crippen LogP contribution in [0.3, 0.4) is 0 Å². The normalized spacial score (nSPS) is 13.5. The molecule has 0 amide bonds. The maximum Gasteiger partial charge on any atom is 0.310 e. The summed E-state index contributed by atoms with van der Waals surface area (Å²) in [6, 6.07) is 0.456. The monoisotopic (exact) mass is 186 g/mol. The summed E-state index contributed by atoms with van der Waals surface area (Å²) >= 11 is 0. The third-order valence-corrected chi connectivity index (χ3v) is 2.30. The SMILES string of the molecule is C=COC(=O)CCC(C)[N+](C)(C)C. The highest BCUT2D eigenvalue weighted by molar-refractivity contribution is 5.69. The molecule has 0 saturated heterocycles. The molecule has 1 unspecified atom stereocenters. The highest BCUT2D eigenvalue weighted by atomic mass is 16.5. The molecule has 0 fully saturated rings. The number of quaternary nitrogens is 1. The topological polar surface area (TPSA) is 26.3 Å². The predicted octanol–water partition coefficient (Wildman–Crippen LogP) is 1.55. The van der Waals surface area contributed by atoms with Crippen molar-refractivity contribution in [3.05, 3.63) is 12.8 Å². The zero-order valence-corrected chi connectivity index (χ0v) is 9.04. The van der Waals surface area contributed by atoms with E-state index in [1.54, 1.807) is 0 Å². The van der Waals surface area contributed by atoms with Crippen LogP contribution in [-0.4, -0.2) is 37.6 Å². The molecule has 13 heavy (non-hydrogen) atoms. The summed E-state index contributed by atoms with van der Waals surface area (Å²) in [5.41, 5.74) is 0. The highest BCUT2D eigenvalue weighted by Gasteiger charge is 2.19. The molecule has 0 aliphatic rings. The summed E-state index contributed by atoms with van der Waals surface area (Å²) in [6.45, 7) is 5.46. The quantitative estimate of drug-likeness (QED) is 0.370. The van der Waals surface area contributed by atoms with Gasteiger partial charge >= 0.3 is 5.97 Å². The first-order chi connectivity index (χ1) is 5.88. The summed E-state index contributed by atoms with van der Waals surface area (Å²) in [5, 5.41) is 0. The lowest BCUT2D eigenvalue weighted by atomic mass is 10.1. The zero-order chi connectivity index (χ0) is 10.5. The van der Waals surface area contributed by atoms with Crippen molar-refractivity contribution in [1.29, 1.82) is 0 Å². The van der Waals surface area contributed by atoms with Gasteiger partial charge in [0.2, 0.25) is 0 Å². The van der Waals surface area contributed by atoms with Crippen LogP contribution in [0.4, 0.5) is 0 Å². The third kappa shape index (κ3) is 5.42. The maximum absolute atomic E-state index is 11.0. The Kier molecular flexibility index (Phi) is 4.70. The molecule has 1 atom stereocenters. The Bertz CT molecular complexity index is 182. The number of rotatable bonds is 5. The van der Waals surface area contributed by atoms with E-state index in [0.717, 1.165) is 10.9 Å². The van der Waals surface area contributed by atoms with E-state index >= 15 is 0 Å². The molecule has 0 aromatic heterocycles. The summed E-state index contributed by atoms with van der Waals surface area (Å²) in [6.07, 6.45) is 2.48. The van der Waals surface area contributed by atoms with Crippen LogP contribution in [0.1, 0.15) is 19.8 Å². The third-order valence-electron chi connectivity index (χ3n) is 2.30. The van der Waals surface area contributed by atoms with E-state index in [0.29, 0.717) is 12.5 Å². The van der Waals surface area contributed by atoms with Gasteiger partial charge in [-0.3, -0.25) is 4.79 Å². The Morgan fingerprint density at radius 1 is 1.54 bits per heavy atom. The molecule has 3 nitrogen and oxygen atoms in total. The van der Waals surface area contributed by atoms with E-state index in [9.17, 15) is 4.79 Å². The van der Waals surface area contributed by atoms with Crippen LogP contribution in [0.25, 0.3) is 0 Å². The summed E-state index contributed by atoms with van der Waals surface area (Å²) in [4.78, 5) is 11.0. The number of carbonyl (C=O) groups excluding carboxylic acids is 1. The van der Waals surface area contributed by atoms with Crippen molar-refractivity contribution in [2.24, 2.45) is 0 Å². The Balaban J connectivity index is 3.76. The van der Waals surface area contributed by atoms with Gasteiger partial charge in [-0.1, -0.05) is 6.58 Å². The van der Waals surface area contributed by atoms with Crippen molar-refractivity contribution in [3.8, 4) is 0 Å². The lowest BCUT2D eigenvalue weighted by Gasteiger charge is -2.31. The van der Waals surface area contributed by atoms with Crippen molar-refractivity contribution >= 4 is 5.97 Å². The summed E-state index contributed by atoms with van der Waals surface area (Å²) in [7, 11) is 6.34. The minimum Gasteiger partial charge on any atom is -0.435 e. The van der Waals surface area contributed by atoms with Gasteiger partial charge in [-0.2, -0.15) is 0 Å². The minimum atomic E-state index is -0.199. The largest absolute Gasteiger partial charge is 0.435 e. The maximum atomic E-state index is 11.0. The molecule has 0 aromatic rings. The fourth-order valence-corrected chi connectivity index (χ4v) is 0.866. The fraction of sp³-hybridized carbons (Fsp3) is 0.700. The molecular weight excluding hydrogens is 166 g/mol. The van der Waals surface area contributed by atoms with E-state index in [-0.39, 0.29) is 5.97 Å². The standard InChI is InChI=1S/C10H20NO2/c1-6-13-10(12)8-7-9(2)11(3,4)5/h6,9H,1,7-8H2,2-5H3/q+1. The number of ether oxygens (including phenoxy) is 1. The van der Waals surface area contributed by atoms with Crippen LogP contribution >= 0.6 is 0 Å². The molecule has 0 aliphatic carbocycles. The Morgan fingerprint density at radius 2 is 2.08 bits per heavy atom. The van der Waals surface area contributed by atoms with Crippen molar-refractivity contribution in [1.82, 2.24) is 0 Å². The Hall–Kier alpha value is -0.830. The smallest absolute Gasteiger partial charge is 0.310 e. The Morgan fingerprint density at radius 3 is 2.46 bits per heavy atom. The number of nitrogens with zero attached hydrogens (tertiary/aromatic N) is 1. The van der Waals surface area contributed by atoms with Gasteiger partial charge in [-0.15, -0.1) is 0 Å². The van der Waals surface area contributed by atoms with E-state index in [1.807, 2.05) is 0 Å². The first-order valence-corrected chi connectivity index (χ1v) is 4.49. The molecule has 0 bridgehead atoms.